The van der Waals surface area contributed by atoms with Gasteiger partial charge in [0.25, 0.3) is 0 Å². The Labute approximate surface area is 71.6 Å². The number of carbonyl (C=O) groups excluding carboxylic acids is 1. The van der Waals surface area contributed by atoms with Crippen LogP contribution in [0.4, 0.5) is 5.69 Å². The van der Waals surface area contributed by atoms with Crippen LogP contribution in [0.1, 0.15) is 18.5 Å². The van der Waals surface area contributed by atoms with Crippen molar-refractivity contribution >= 4 is 12.1 Å². The summed E-state index contributed by atoms with van der Waals surface area (Å²) in [6.45, 7) is 1.92. The summed E-state index contributed by atoms with van der Waals surface area (Å²) in [4.78, 5) is 10.1. The number of nitrogens with one attached hydrogen (secondary N) is 1. The molecule has 0 bridgehead atoms. The molecule has 1 aromatic carbocycles. The fourth-order valence-electron chi connectivity index (χ4n) is 0.983. The third-order valence-corrected chi connectivity index (χ3v) is 1.75. The quantitative estimate of drug-likeness (QED) is 0.518. The van der Waals surface area contributed by atoms with Crippen molar-refractivity contribution in [3.63, 3.8) is 0 Å². The largest absolute Gasteiger partial charge is 0.399 e. The van der Waals surface area contributed by atoms with Gasteiger partial charge in [-0.2, -0.15) is 0 Å². The first-order valence-corrected chi connectivity index (χ1v) is 3.79. The van der Waals surface area contributed by atoms with E-state index in [1.807, 2.05) is 31.2 Å². The normalized spacial score (nSPS) is 12.1. The molecule has 12 heavy (non-hydrogen) atoms. The van der Waals surface area contributed by atoms with E-state index in [1.165, 1.54) is 0 Å². The highest BCUT2D eigenvalue weighted by atomic mass is 16.1. The molecule has 3 N–H and O–H groups in total. The summed E-state index contributed by atoms with van der Waals surface area (Å²) < 4.78 is 0. The van der Waals surface area contributed by atoms with Gasteiger partial charge in [-0.1, -0.05) is 12.1 Å². The molecule has 1 aromatic rings. The Kier molecular flexibility index (Phi) is 2.69. The summed E-state index contributed by atoms with van der Waals surface area (Å²) in [6.07, 6.45) is 0.695. The molecule has 0 spiro atoms. The second kappa shape index (κ2) is 3.76. The Hall–Kier alpha value is -1.51. The van der Waals surface area contributed by atoms with Crippen LogP contribution in [0.3, 0.4) is 0 Å². The molecule has 0 fully saturated rings. The van der Waals surface area contributed by atoms with Crippen LogP contribution in [0.15, 0.2) is 24.3 Å². The molecule has 0 saturated carbocycles. The molecule has 0 aliphatic heterocycles. The van der Waals surface area contributed by atoms with Crippen molar-refractivity contribution in [1.82, 2.24) is 5.32 Å². The lowest BCUT2D eigenvalue weighted by molar-refractivity contribution is -0.110. The number of hydrogen-bond acceptors (Lipinski definition) is 2. The molecule has 0 aliphatic rings. The van der Waals surface area contributed by atoms with Crippen molar-refractivity contribution in [3.05, 3.63) is 29.8 Å². The minimum atomic E-state index is 0.0445. The van der Waals surface area contributed by atoms with Gasteiger partial charge in [-0.15, -0.1) is 0 Å². The minimum absolute atomic E-state index is 0.0445. The molecule has 1 rings (SSSR count). The van der Waals surface area contributed by atoms with Crippen molar-refractivity contribution in [2.24, 2.45) is 0 Å². The molecular weight excluding hydrogens is 152 g/mol. The second-order valence-corrected chi connectivity index (χ2v) is 2.67. The van der Waals surface area contributed by atoms with Crippen molar-refractivity contribution in [2.45, 2.75) is 13.0 Å². The average molecular weight is 164 g/mol. The highest BCUT2D eigenvalue weighted by molar-refractivity contribution is 5.48. The third-order valence-electron chi connectivity index (χ3n) is 1.75. The Bertz CT molecular complexity index is 256. The third kappa shape index (κ3) is 1.99. The SMILES string of the molecule is C[C@@H](NC=O)c1ccc(N)cc1. The van der Waals surface area contributed by atoms with Crippen LogP contribution in [-0.2, 0) is 4.79 Å². The van der Waals surface area contributed by atoms with Gasteiger partial charge in [0.2, 0.25) is 6.41 Å². The zero-order chi connectivity index (χ0) is 8.97. The van der Waals surface area contributed by atoms with Crippen molar-refractivity contribution in [1.29, 1.82) is 0 Å². The second-order valence-electron chi connectivity index (χ2n) is 2.67. The number of nitrogens with two attached hydrogens (primary N) is 1. The first-order valence-electron chi connectivity index (χ1n) is 3.79. The molecule has 64 valence electrons. The van der Waals surface area contributed by atoms with E-state index >= 15 is 0 Å². The van der Waals surface area contributed by atoms with E-state index in [1.54, 1.807) is 0 Å². The van der Waals surface area contributed by atoms with Gasteiger partial charge in [0.15, 0.2) is 0 Å². The van der Waals surface area contributed by atoms with E-state index in [-0.39, 0.29) is 6.04 Å². The number of anilines is 1. The molecule has 0 heterocycles. The summed E-state index contributed by atoms with van der Waals surface area (Å²) in [5.74, 6) is 0. The van der Waals surface area contributed by atoms with E-state index < -0.39 is 0 Å². The lowest BCUT2D eigenvalue weighted by Gasteiger charge is -2.09. The molecule has 3 nitrogen and oxygen atoms in total. The zero-order valence-corrected chi connectivity index (χ0v) is 6.95. The summed E-state index contributed by atoms with van der Waals surface area (Å²) in [7, 11) is 0. The van der Waals surface area contributed by atoms with E-state index in [0.29, 0.717) is 6.41 Å². The first-order chi connectivity index (χ1) is 5.74. The Morgan fingerprint density at radius 1 is 1.42 bits per heavy atom. The molecule has 0 aromatic heterocycles. The van der Waals surface area contributed by atoms with Crippen LogP contribution >= 0.6 is 0 Å². The van der Waals surface area contributed by atoms with Crippen molar-refractivity contribution < 1.29 is 4.79 Å². The van der Waals surface area contributed by atoms with Crippen molar-refractivity contribution in [3.8, 4) is 0 Å². The van der Waals surface area contributed by atoms with Crippen LogP contribution in [0, 0.1) is 0 Å². The number of carbonyl (C=O) groups is 1. The molecule has 3 heteroatoms. The highest BCUT2D eigenvalue weighted by Crippen LogP contribution is 2.13. The van der Waals surface area contributed by atoms with Crippen LogP contribution in [0.25, 0.3) is 0 Å². The van der Waals surface area contributed by atoms with E-state index in [4.69, 9.17) is 5.73 Å². The predicted octanol–water partition coefficient (Wildman–Crippen LogP) is 1.08. The average Bonchev–Trinajstić information content (AvgIpc) is 2.06. The molecule has 0 aliphatic carbocycles. The molecular formula is C9H12N2O. The number of nitrogen functional groups attached to an aromatic ring is 1. The number of hydrogen-bond donors (Lipinski definition) is 2. The van der Waals surface area contributed by atoms with Crippen LogP contribution in [-0.4, -0.2) is 6.41 Å². The van der Waals surface area contributed by atoms with Gasteiger partial charge in [0.05, 0.1) is 6.04 Å². The molecule has 1 amide bonds. The fraction of sp³-hybridized carbons (Fsp3) is 0.222. The van der Waals surface area contributed by atoms with E-state index in [0.717, 1.165) is 11.3 Å². The Balaban J connectivity index is 2.74. The van der Waals surface area contributed by atoms with Gasteiger partial charge in [0, 0.05) is 5.69 Å². The minimum Gasteiger partial charge on any atom is -0.399 e. The lowest BCUT2D eigenvalue weighted by atomic mass is 10.1. The first kappa shape index (κ1) is 8.59. The zero-order valence-electron chi connectivity index (χ0n) is 6.95. The van der Waals surface area contributed by atoms with Gasteiger partial charge in [-0.3, -0.25) is 4.79 Å². The molecule has 0 radical (unpaired) electrons. The summed E-state index contributed by atoms with van der Waals surface area (Å²) >= 11 is 0. The van der Waals surface area contributed by atoms with E-state index in [9.17, 15) is 4.79 Å². The van der Waals surface area contributed by atoms with E-state index in [2.05, 4.69) is 5.32 Å². The summed E-state index contributed by atoms with van der Waals surface area (Å²) in [5.41, 5.74) is 7.30. The molecule has 0 saturated heterocycles. The van der Waals surface area contributed by atoms with Crippen LogP contribution in [0.5, 0.6) is 0 Å². The van der Waals surface area contributed by atoms with Gasteiger partial charge >= 0.3 is 0 Å². The van der Waals surface area contributed by atoms with Crippen LogP contribution < -0.4 is 11.1 Å². The Morgan fingerprint density at radius 2 is 2.00 bits per heavy atom. The molecule has 0 unspecified atom stereocenters. The summed E-state index contributed by atoms with van der Waals surface area (Å²) in [6, 6.07) is 7.48. The monoisotopic (exact) mass is 164 g/mol. The lowest BCUT2D eigenvalue weighted by Crippen LogP contribution is -2.15. The number of rotatable bonds is 3. The van der Waals surface area contributed by atoms with Gasteiger partial charge in [0.1, 0.15) is 0 Å². The topological polar surface area (TPSA) is 55.1 Å². The number of benzene rings is 1. The summed E-state index contributed by atoms with van der Waals surface area (Å²) in [5, 5.41) is 2.66. The predicted molar refractivity (Wildman–Crippen MR) is 48.5 cm³/mol. The maximum absolute atomic E-state index is 10.1. The maximum Gasteiger partial charge on any atom is 0.207 e. The van der Waals surface area contributed by atoms with Gasteiger partial charge in [-0.25, -0.2) is 0 Å². The number of amides is 1. The fourth-order valence-corrected chi connectivity index (χ4v) is 0.983. The standard InChI is InChI=1S/C9H12N2O/c1-7(11-6-12)8-2-4-9(10)5-3-8/h2-7H,10H2,1H3,(H,11,12)/t7-/m1/s1. The Morgan fingerprint density at radius 3 is 2.50 bits per heavy atom. The highest BCUT2D eigenvalue weighted by Gasteiger charge is 2.01. The molecule has 1 atom stereocenters. The van der Waals surface area contributed by atoms with Gasteiger partial charge < -0.3 is 11.1 Å². The van der Waals surface area contributed by atoms with Crippen molar-refractivity contribution in [2.75, 3.05) is 5.73 Å². The smallest absolute Gasteiger partial charge is 0.207 e. The maximum atomic E-state index is 10.1. The van der Waals surface area contributed by atoms with Gasteiger partial charge in [-0.05, 0) is 24.6 Å². The van der Waals surface area contributed by atoms with Crippen LogP contribution in [0.2, 0.25) is 0 Å².